The molecule has 0 fully saturated rings. The van der Waals surface area contributed by atoms with E-state index in [2.05, 4.69) is 10.3 Å². The second kappa shape index (κ2) is 8.18. The van der Waals surface area contributed by atoms with Crippen molar-refractivity contribution in [1.29, 1.82) is 0 Å². The molecule has 0 aliphatic heterocycles. The van der Waals surface area contributed by atoms with Gasteiger partial charge in [-0.2, -0.15) is 0 Å². The van der Waals surface area contributed by atoms with Gasteiger partial charge in [0.15, 0.2) is 11.7 Å². The molecule has 0 spiro atoms. The van der Waals surface area contributed by atoms with Crippen LogP contribution in [0.4, 0.5) is 14.5 Å². The van der Waals surface area contributed by atoms with Crippen molar-refractivity contribution in [3.63, 3.8) is 0 Å². The normalized spacial score (nSPS) is 10.7. The number of hydrogen-bond acceptors (Lipinski definition) is 4. The number of oxazole rings is 1. The molecule has 2 amide bonds. The van der Waals surface area contributed by atoms with Gasteiger partial charge >= 0.3 is 0 Å². The summed E-state index contributed by atoms with van der Waals surface area (Å²) in [5, 5.41) is 2.87. The number of primary amides is 1. The maximum absolute atomic E-state index is 13.8. The van der Waals surface area contributed by atoms with Gasteiger partial charge in [-0.05, 0) is 30.3 Å². The minimum atomic E-state index is -1.10. The summed E-state index contributed by atoms with van der Waals surface area (Å²) in [5.41, 5.74) is 4.94. The molecule has 0 unspecified atom stereocenters. The van der Waals surface area contributed by atoms with Crippen LogP contribution in [0, 0.1) is 11.6 Å². The molecule has 28 heavy (non-hydrogen) atoms. The Morgan fingerprint density at radius 1 is 1.14 bits per heavy atom. The third-order valence-electron chi connectivity index (χ3n) is 3.84. The number of carbonyl (C=O) groups is 2. The average molecular weight is 406 g/mol. The molecule has 3 aromatic rings. The summed E-state index contributed by atoms with van der Waals surface area (Å²) < 4.78 is 32.8. The molecular formula is C19H14ClF2N3O3. The van der Waals surface area contributed by atoms with Crippen molar-refractivity contribution in [2.24, 2.45) is 5.73 Å². The van der Waals surface area contributed by atoms with E-state index >= 15 is 0 Å². The third-order valence-corrected chi connectivity index (χ3v) is 4.10. The molecular weight excluding hydrogens is 392 g/mol. The van der Waals surface area contributed by atoms with Crippen LogP contribution < -0.4 is 11.1 Å². The van der Waals surface area contributed by atoms with E-state index < -0.39 is 29.0 Å². The second-order valence-electron chi connectivity index (χ2n) is 5.85. The molecule has 9 heteroatoms. The SMILES string of the molecule is NC(=O)c1cc(NC(=O)CCc2ncc(-c3ccc(Cl)cc3)o2)c(F)cc1F. The van der Waals surface area contributed by atoms with Crippen LogP contribution in [0.25, 0.3) is 11.3 Å². The van der Waals surface area contributed by atoms with Crippen molar-refractivity contribution in [3.05, 3.63) is 70.7 Å². The van der Waals surface area contributed by atoms with Crippen molar-refractivity contribution < 1.29 is 22.8 Å². The Hall–Kier alpha value is -3.26. The van der Waals surface area contributed by atoms with Gasteiger partial charge in [-0.15, -0.1) is 0 Å². The van der Waals surface area contributed by atoms with Crippen molar-refractivity contribution in [1.82, 2.24) is 4.98 Å². The first-order valence-corrected chi connectivity index (χ1v) is 8.50. The Morgan fingerprint density at radius 3 is 2.54 bits per heavy atom. The van der Waals surface area contributed by atoms with Crippen molar-refractivity contribution in [2.45, 2.75) is 12.8 Å². The molecule has 0 radical (unpaired) electrons. The zero-order valence-electron chi connectivity index (χ0n) is 14.3. The smallest absolute Gasteiger partial charge is 0.251 e. The number of nitrogens with two attached hydrogens (primary N) is 1. The fraction of sp³-hybridized carbons (Fsp3) is 0.105. The highest BCUT2D eigenvalue weighted by Crippen LogP contribution is 2.23. The standard InChI is InChI=1S/C19H14ClF2N3O3/c20-11-3-1-10(2-4-11)16-9-24-18(28-16)6-5-17(26)25-15-7-12(19(23)27)13(21)8-14(15)22/h1-4,7-9H,5-6H2,(H2,23,27)(H,25,26). The Kier molecular flexibility index (Phi) is 5.70. The van der Waals surface area contributed by atoms with Gasteiger partial charge in [-0.25, -0.2) is 13.8 Å². The maximum atomic E-state index is 13.8. The maximum Gasteiger partial charge on any atom is 0.251 e. The fourth-order valence-electron chi connectivity index (χ4n) is 2.44. The molecule has 3 N–H and O–H groups in total. The quantitative estimate of drug-likeness (QED) is 0.648. The van der Waals surface area contributed by atoms with Crippen molar-refractivity contribution in [2.75, 3.05) is 5.32 Å². The van der Waals surface area contributed by atoms with E-state index in [0.29, 0.717) is 22.7 Å². The van der Waals surface area contributed by atoms with Crippen molar-refractivity contribution in [3.8, 4) is 11.3 Å². The molecule has 2 aromatic carbocycles. The minimum absolute atomic E-state index is 0.0662. The predicted octanol–water partition coefficient (Wildman–Crippen LogP) is 3.94. The van der Waals surface area contributed by atoms with Crippen LogP contribution in [0.15, 0.2) is 47.0 Å². The number of nitrogens with one attached hydrogen (secondary N) is 1. The number of hydrogen-bond donors (Lipinski definition) is 2. The predicted molar refractivity (Wildman–Crippen MR) is 98.8 cm³/mol. The number of benzene rings is 2. The number of amides is 2. The summed E-state index contributed by atoms with van der Waals surface area (Å²) in [6.07, 6.45) is 1.61. The van der Waals surface area contributed by atoms with Gasteiger partial charge in [0.05, 0.1) is 17.4 Å². The number of carbonyl (C=O) groups excluding carboxylic acids is 2. The molecule has 144 valence electrons. The lowest BCUT2D eigenvalue weighted by atomic mass is 10.1. The Bertz CT molecular complexity index is 1040. The lowest BCUT2D eigenvalue weighted by Gasteiger charge is -2.08. The summed E-state index contributed by atoms with van der Waals surface area (Å²) >= 11 is 5.84. The summed E-state index contributed by atoms with van der Waals surface area (Å²) in [6.45, 7) is 0. The number of aryl methyl sites for hydroxylation is 1. The van der Waals surface area contributed by atoms with Crippen LogP contribution >= 0.6 is 11.6 Å². The minimum Gasteiger partial charge on any atom is -0.441 e. The van der Waals surface area contributed by atoms with Gasteiger partial charge in [0.1, 0.15) is 11.6 Å². The molecule has 1 heterocycles. The van der Waals surface area contributed by atoms with Crippen LogP contribution in [-0.4, -0.2) is 16.8 Å². The van der Waals surface area contributed by atoms with E-state index in [1.165, 1.54) is 6.20 Å². The van der Waals surface area contributed by atoms with Crippen LogP contribution in [0.1, 0.15) is 22.7 Å². The van der Waals surface area contributed by atoms with E-state index in [4.69, 9.17) is 21.8 Å². The lowest BCUT2D eigenvalue weighted by molar-refractivity contribution is -0.116. The third kappa shape index (κ3) is 4.52. The van der Waals surface area contributed by atoms with E-state index in [9.17, 15) is 18.4 Å². The van der Waals surface area contributed by atoms with Gasteiger partial charge in [0, 0.05) is 29.5 Å². The zero-order valence-corrected chi connectivity index (χ0v) is 15.1. The first kappa shape index (κ1) is 19.5. The molecule has 0 aliphatic rings. The topological polar surface area (TPSA) is 98.2 Å². The zero-order chi connectivity index (χ0) is 20.3. The van der Waals surface area contributed by atoms with E-state index in [1.54, 1.807) is 24.3 Å². The van der Waals surface area contributed by atoms with E-state index in [1.807, 2.05) is 0 Å². The lowest BCUT2D eigenvalue weighted by Crippen LogP contribution is -2.17. The summed E-state index contributed by atoms with van der Waals surface area (Å²) in [4.78, 5) is 27.3. The fourth-order valence-corrected chi connectivity index (χ4v) is 2.57. The van der Waals surface area contributed by atoms with E-state index in [0.717, 1.165) is 11.6 Å². The average Bonchev–Trinajstić information content (AvgIpc) is 3.11. The van der Waals surface area contributed by atoms with Gasteiger partial charge in [0.2, 0.25) is 5.91 Å². The van der Waals surface area contributed by atoms with Crippen molar-refractivity contribution >= 4 is 29.1 Å². The van der Waals surface area contributed by atoms with Gasteiger partial charge in [-0.3, -0.25) is 9.59 Å². The van der Waals surface area contributed by atoms with Crippen LogP contribution in [0.5, 0.6) is 0 Å². The van der Waals surface area contributed by atoms with Crippen LogP contribution in [-0.2, 0) is 11.2 Å². The summed E-state index contributed by atoms with van der Waals surface area (Å²) in [7, 11) is 0. The number of halogens is 3. The number of rotatable bonds is 6. The molecule has 0 saturated heterocycles. The first-order valence-electron chi connectivity index (χ1n) is 8.13. The number of aromatic nitrogens is 1. The molecule has 0 saturated carbocycles. The highest BCUT2D eigenvalue weighted by atomic mass is 35.5. The van der Waals surface area contributed by atoms with Gasteiger partial charge in [0.25, 0.3) is 5.91 Å². The molecule has 0 atom stereocenters. The molecule has 1 aromatic heterocycles. The number of anilines is 1. The molecule has 0 bridgehead atoms. The summed E-state index contributed by atoms with van der Waals surface area (Å²) in [6, 6.07) is 8.31. The summed E-state index contributed by atoms with van der Waals surface area (Å²) in [5.74, 6) is -2.91. The largest absolute Gasteiger partial charge is 0.441 e. The second-order valence-corrected chi connectivity index (χ2v) is 6.29. The van der Waals surface area contributed by atoms with Gasteiger partial charge < -0.3 is 15.5 Å². The Labute approximate surface area is 163 Å². The monoisotopic (exact) mass is 405 g/mol. The highest BCUT2D eigenvalue weighted by molar-refractivity contribution is 6.30. The molecule has 0 aliphatic carbocycles. The van der Waals surface area contributed by atoms with Crippen LogP contribution in [0.2, 0.25) is 5.02 Å². The van der Waals surface area contributed by atoms with E-state index in [-0.39, 0.29) is 18.5 Å². The Balaban J connectivity index is 1.63. The Morgan fingerprint density at radius 2 is 1.86 bits per heavy atom. The van der Waals surface area contributed by atoms with Gasteiger partial charge in [-0.1, -0.05) is 11.6 Å². The van der Waals surface area contributed by atoms with Crippen LogP contribution in [0.3, 0.4) is 0 Å². The number of nitrogens with zero attached hydrogens (tertiary/aromatic N) is 1. The molecule has 6 nitrogen and oxygen atoms in total. The highest BCUT2D eigenvalue weighted by Gasteiger charge is 2.16. The molecule has 3 rings (SSSR count). The first-order chi connectivity index (χ1) is 13.3.